The molecular weight excluding hydrogens is 393 g/mol. The third-order valence-corrected chi connectivity index (χ3v) is 6.87. The molecule has 1 aliphatic carbocycles. The van der Waals surface area contributed by atoms with Crippen molar-refractivity contribution in [3.05, 3.63) is 71.7 Å². The van der Waals surface area contributed by atoms with Crippen LogP contribution in [0.4, 0.5) is 4.39 Å². The van der Waals surface area contributed by atoms with Crippen LogP contribution in [0, 0.1) is 5.82 Å². The Hall–Kier alpha value is -2.70. The predicted molar refractivity (Wildman–Crippen MR) is 121 cm³/mol. The average Bonchev–Trinajstić information content (AvgIpc) is 3.16. The average molecular weight is 424 g/mol. The number of aromatic nitrogens is 1. The van der Waals surface area contributed by atoms with E-state index in [4.69, 9.17) is 0 Å². The molecule has 1 aromatic heterocycles. The van der Waals surface area contributed by atoms with E-state index in [1.54, 1.807) is 12.3 Å². The maximum atomic E-state index is 13.5. The summed E-state index contributed by atoms with van der Waals surface area (Å²) in [7, 11) is 4.25. The van der Waals surface area contributed by atoms with E-state index in [9.17, 15) is 14.3 Å². The summed E-state index contributed by atoms with van der Waals surface area (Å²) in [5.41, 5.74) is 2.88. The molecule has 31 heavy (non-hydrogen) atoms. The molecule has 0 bridgehead atoms. The maximum Gasteiger partial charge on any atom is 0.321 e. The van der Waals surface area contributed by atoms with Crippen LogP contribution >= 0.6 is 0 Å². The molecule has 4 rings (SSSR count). The van der Waals surface area contributed by atoms with Crippen LogP contribution in [0.15, 0.2) is 54.7 Å². The molecule has 3 N–H and O–H groups in total. The molecule has 0 saturated heterocycles. The summed E-state index contributed by atoms with van der Waals surface area (Å²) < 4.78 is 13.5. The Balaban J connectivity index is 1.46. The number of nitrogens with zero attached hydrogens (tertiary/aromatic N) is 1. The number of carbonyl (C=O) groups is 1. The number of hydrogen-bond donors (Lipinski definition) is 3. The van der Waals surface area contributed by atoms with E-state index in [2.05, 4.69) is 53.6 Å². The molecule has 1 saturated carbocycles. The smallest absolute Gasteiger partial charge is 0.321 e. The SMILES string of the molecule is CN(C)C1(c2ccccc2)CCC(NC(Cc2c[nH]c3cc(F)ccc23)C(=O)O)CC1. The lowest BCUT2D eigenvalue weighted by atomic mass is 9.74. The molecule has 164 valence electrons. The molecular formula is C25H30FN3O2. The first-order valence-corrected chi connectivity index (χ1v) is 10.9. The highest BCUT2D eigenvalue weighted by Gasteiger charge is 2.39. The van der Waals surface area contributed by atoms with E-state index in [-0.39, 0.29) is 17.4 Å². The van der Waals surface area contributed by atoms with Crippen molar-refractivity contribution in [1.29, 1.82) is 0 Å². The van der Waals surface area contributed by atoms with Crippen LogP contribution in [0.5, 0.6) is 0 Å². The van der Waals surface area contributed by atoms with E-state index >= 15 is 0 Å². The molecule has 1 unspecified atom stereocenters. The highest BCUT2D eigenvalue weighted by Crippen LogP contribution is 2.41. The van der Waals surface area contributed by atoms with Gasteiger partial charge in [-0.3, -0.25) is 9.69 Å². The van der Waals surface area contributed by atoms with Crippen LogP contribution < -0.4 is 5.32 Å². The zero-order valence-electron chi connectivity index (χ0n) is 18.1. The number of fused-ring (bicyclic) bond motifs is 1. The molecule has 1 aliphatic rings. The fourth-order valence-corrected chi connectivity index (χ4v) is 5.05. The molecule has 6 heteroatoms. The summed E-state index contributed by atoms with van der Waals surface area (Å²) in [4.78, 5) is 17.4. The largest absolute Gasteiger partial charge is 0.480 e. The van der Waals surface area contributed by atoms with Crippen molar-refractivity contribution in [2.45, 2.75) is 49.7 Å². The van der Waals surface area contributed by atoms with Gasteiger partial charge in [-0.1, -0.05) is 30.3 Å². The standard InChI is InChI=1S/C25H30FN3O2/c1-29(2)25(18-6-4-3-5-7-18)12-10-20(11-13-25)28-23(24(30)31)14-17-16-27-22-15-19(26)8-9-21(17)22/h3-9,15-16,20,23,27-28H,10-14H2,1-2H3,(H,30,31). The van der Waals surface area contributed by atoms with Crippen molar-refractivity contribution >= 4 is 16.9 Å². The first-order valence-electron chi connectivity index (χ1n) is 10.9. The number of nitrogens with one attached hydrogen (secondary N) is 2. The summed E-state index contributed by atoms with van der Waals surface area (Å²) in [5, 5.41) is 14.1. The van der Waals surface area contributed by atoms with E-state index in [0.29, 0.717) is 11.9 Å². The Morgan fingerprint density at radius 2 is 1.94 bits per heavy atom. The summed E-state index contributed by atoms with van der Waals surface area (Å²) in [6, 6.07) is 14.6. The molecule has 0 amide bonds. The van der Waals surface area contributed by atoms with Crippen LogP contribution in [0.2, 0.25) is 0 Å². The summed E-state index contributed by atoms with van der Waals surface area (Å²) >= 11 is 0. The van der Waals surface area contributed by atoms with Crippen LogP contribution in [0.1, 0.15) is 36.8 Å². The van der Waals surface area contributed by atoms with E-state index in [0.717, 1.165) is 36.6 Å². The lowest BCUT2D eigenvalue weighted by molar-refractivity contribution is -0.139. The highest BCUT2D eigenvalue weighted by molar-refractivity contribution is 5.84. The van der Waals surface area contributed by atoms with Gasteiger partial charge in [0.05, 0.1) is 0 Å². The number of carboxylic acid groups (broad SMARTS) is 1. The topological polar surface area (TPSA) is 68.4 Å². The van der Waals surface area contributed by atoms with Gasteiger partial charge in [0.2, 0.25) is 0 Å². The molecule has 3 aromatic rings. The predicted octanol–water partition coefficient (Wildman–Crippen LogP) is 4.29. The number of carboxylic acids is 1. The van der Waals surface area contributed by atoms with E-state index < -0.39 is 12.0 Å². The van der Waals surface area contributed by atoms with E-state index in [1.165, 1.54) is 17.7 Å². The van der Waals surface area contributed by atoms with Crippen molar-refractivity contribution < 1.29 is 14.3 Å². The molecule has 5 nitrogen and oxygen atoms in total. The number of benzene rings is 2. The fraction of sp³-hybridized carbons (Fsp3) is 0.400. The van der Waals surface area contributed by atoms with Gasteiger partial charge < -0.3 is 15.4 Å². The summed E-state index contributed by atoms with van der Waals surface area (Å²) in [6.45, 7) is 0. The van der Waals surface area contributed by atoms with Crippen molar-refractivity contribution in [3.63, 3.8) is 0 Å². The number of hydrogen-bond acceptors (Lipinski definition) is 3. The fourth-order valence-electron chi connectivity index (χ4n) is 5.05. The number of aromatic amines is 1. The van der Waals surface area contributed by atoms with Gasteiger partial charge in [0, 0.05) is 35.1 Å². The van der Waals surface area contributed by atoms with Gasteiger partial charge in [-0.05, 0) is 69.1 Å². The minimum Gasteiger partial charge on any atom is -0.480 e. The zero-order valence-corrected chi connectivity index (χ0v) is 18.1. The second kappa shape index (κ2) is 8.81. The first kappa shape index (κ1) is 21.5. The zero-order chi connectivity index (χ0) is 22.0. The Labute approximate surface area is 182 Å². The van der Waals surface area contributed by atoms with Crippen LogP contribution in [0.25, 0.3) is 10.9 Å². The molecule has 0 aliphatic heterocycles. The lowest BCUT2D eigenvalue weighted by Gasteiger charge is -2.46. The molecule has 1 fully saturated rings. The second-order valence-corrected chi connectivity index (χ2v) is 8.83. The molecule has 1 heterocycles. The molecule has 0 spiro atoms. The van der Waals surface area contributed by atoms with Gasteiger partial charge in [-0.2, -0.15) is 0 Å². The number of H-pyrrole nitrogens is 1. The van der Waals surface area contributed by atoms with Crippen LogP contribution in [-0.2, 0) is 16.8 Å². The van der Waals surface area contributed by atoms with Gasteiger partial charge in [0.25, 0.3) is 0 Å². The van der Waals surface area contributed by atoms with Gasteiger partial charge in [0.1, 0.15) is 11.9 Å². The Kier molecular flexibility index (Phi) is 6.12. The highest BCUT2D eigenvalue weighted by atomic mass is 19.1. The number of halogens is 1. The van der Waals surface area contributed by atoms with Crippen LogP contribution in [-0.4, -0.2) is 47.1 Å². The van der Waals surface area contributed by atoms with Crippen molar-refractivity contribution in [2.24, 2.45) is 0 Å². The first-order chi connectivity index (χ1) is 14.9. The van der Waals surface area contributed by atoms with Gasteiger partial charge in [-0.15, -0.1) is 0 Å². The van der Waals surface area contributed by atoms with E-state index in [1.807, 2.05) is 6.07 Å². The number of rotatable bonds is 7. The van der Waals surface area contributed by atoms with Crippen molar-refractivity contribution in [3.8, 4) is 0 Å². The maximum absolute atomic E-state index is 13.5. The summed E-state index contributed by atoms with van der Waals surface area (Å²) in [6.07, 6.45) is 5.91. The Morgan fingerprint density at radius 1 is 1.23 bits per heavy atom. The lowest BCUT2D eigenvalue weighted by Crippen LogP contribution is -2.51. The van der Waals surface area contributed by atoms with Gasteiger partial charge >= 0.3 is 5.97 Å². The monoisotopic (exact) mass is 423 g/mol. The van der Waals surface area contributed by atoms with Gasteiger partial charge in [-0.25, -0.2) is 4.39 Å². The molecule has 0 radical (unpaired) electrons. The normalized spacial score (nSPS) is 22.6. The third-order valence-electron chi connectivity index (χ3n) is 6.87. The number of aliphatic carboxylic acids is 1. The van der Waals surface area contributed by atoms with Crippen molar-refractivity contribution in [2.75, 3.05) is 14.1 Å². The third kappa shape index (κ3) is 4.36. The minimum absolute atomic E-state index is 0.0148. The van der Waals surface area contributed by atoms with Crippen molar-refractivity contribution in [1.82, 2.24) is 15.2 Å². The second-order valence-electron chi connectivity index (χ2n) is 8.83. The quantitative estimate of drug-likeness (QED) is 0.530. The van der Waals surface area contributed by atoms with Crippen LogP contribution in [0.3, 0.4) is 0 Å². The molecule has 1 atom stereocenters. The minimum atomic E-state index is -0.857. The summed E-state index contributed by atoms with van der Waals surface area (Å²) in [5.74, 6) is -1.16. The molecule has 2 aromatic carbocycles. The Morgan fingerprint density at radius 3 is 2.58 bits per heavy atom. The van der Waals surface area contributed by atoms with Gasteiger partial charge in [0.15, 0.2) is 0 Å². The Bertz CT molecular complexity index is 1040.